The van der Waals surface area contributed by atoms with Crippen molar-refractivity contribution in [3.8, 4) is 28.7 Å². The Kier molecular flexibility index (Phi) is 6.48. The van der Waals surface area contributed by atoms with Crippen LogP contribution in [0.5, 0.6) is 11.5 Å². The van der Waals surface area contributed by atoms with E-state index in [1.165, 1.54) is 0 Å². The van der Waals surface area contributed by atoms with Gasteiger partial charge in [0, 0.05) is 28.5 Å². The van der Waals surface area contributed by atoms with Crippen molar-refractivity contribution in [3.63, 3.8) is 0 Å². The molecule has 2 aliphatic rings. The average molecular weight is 591 g/mol. The van der Waals surface area contributed by atoms with Gasteiger partial charge in [-0.1, -0.05) is 115 Å². The van der Waals surface area contributed by atoms with Crippen LogP contribution in [0.1, 0.15) is 44.5 Å². The quantitative estimate of drug-likeness (QED) is 0.165. The van der Waals surface area contributed by atoms with Gasteiger partial charge in [0.15, 0.2) is 11.7 Å². The van der Waals surface area contributed by atoms with Gasteiger partial charge in [-0.2, -0.15) is 5.26 Å². The molecule has 6 aromatic carbocycles. The number of nitrogens with one attached hydrogen (secondary N) is 1. The van der Waals surface area contributed by atoms with E-state index in [9.17, 15) is 5.26 Å². The first-order chi connectivity index (χ1) is 22.7. The lowest BCUT2D eigenvalue weighted by Gasteiger charge is -2.39. The minimum Gasteiger partial charge on any atom is -0.457 e. The number of fused-ring (bicyclic) bond motifs is 9. The summed E-state index contributed by atoms with van der Waals surface area (Å²) in [6.07, 6.45) is 1.82. The molecule has 0 bridgehead atoms. The summed E-state index contributed by atoms with van der Waals surface area (Å²) in [5.74, 6) is 2.12. The molecule has 0 fully saturated rings. The van der Waals surface area contributed by atoms with Crippen LogP contribution in [0.25, 0.3) is 11.1 Å². The highest BCUT2D eigenvalue weighted by Crippen LogP contribution is 2.62. The number of aliphatic imine (C=N–C) groups is 2. The van der Waals surface area contributed by atoms with E-state index in [1.54, 1.807) is 0 Å². The predicted octanol–water partition coefficient (Wildman–Crippen LogP) is 8.92. The highest BCUT2D eigenvalue weighted by molar-refractivity contribution is 6.13. The smallest absolute Gasteiger partial charge is 0.161 e. The number of nitriles is 1. The molecule has 1 aliphatic carbocycles. The topological polar surface area (TPSA) is 81.6 Å². The van der Waals surface area contributed by atoms with Crippen LogP contribution < -0.4 is 4.74 Å². The number of ether oxygens (including phenoxy) is 1. The number of rotatable bonds is 3. The molecule has 6 aromatic rings. The summed E-state index contributed by atoms with van der Waals surface area (Å²) in [5.41, 5.74) is 8.80. The zero-order valence-corrected chi connectivity index (χ0v) is 24.7. The Morgan fingerprint density at radius 3 is 2.07 bits per heavy atom. The third-order valence-electron chi connectivity index (χ3n) is 8.73. The molecule has 1 heterocycles. The second-order valence-electron chi connectivity index (χ2n) is 11.3. The lowest BCUT2D eigenvalue weighted by Crippen LogP contribution is -2.32. The summed E-state index contributed by atoms with van der Waals surface area (Å²) in [6, 6.07) is 50.3. The first kappa shape index (κ1) is 27.2. The third kappa shape index (κ3) is 4.28. The Morgan fingerprint density at radius 2 is 1.28 bits per heavy atom. The minimum absolute atomic E-state index is 0.142. The molecule has 0 amide bonds. The monoisotopic (exact) mass is 590 g/mol. The summed E-state index contributed by atoms with van der Waals surface area (Å²) in [7, 11) is 0. The standard InChI is InChI=1S/C41H26N4O/c42-25-27-20-22-38-36(23-27)41(34-17-9-10-18-37(34)46-38)33-16-8-7-15-31(33)32-21-19-28(24-35(32)41)26-44-40(30-13-5-2-6-14-30)45-39(43)29-11-3-1-4-12-29/h1-24,26,43H. The maximum atomic E-state index is 9.92. The van der Waals surface area contributed by atoms with Crippen LogP contribution in [-0.2, 0) is 5.41 Å². The molecule has 0 aromatic heterocycles. The van der Waals surface area contributed by atoms with E-state index >= 15 is 0 Å². The second kappa shape index (κ2) is 11.0. The lowest BCUT2D eigenvalue weighted by atomic mass is 9.65. The number of amidine groups is 2. The van der Waals surface area contributed by atoms with Gasteiger partial charge in [-0.15, -0.1) is 0 Å². The van der Waals surface area contributed by atoms with E-state index in [-0.39, 0.29) is 5.84 Å². The van der Waals surface area contributed by atoms with Crippen molar-refractivity contribution in [1.29, 1.82) is 10.7 Å². The van der Waals surface area contributed by atoms with Crippen molar-refractivity contribution in [2.75, 3.05) is 0 Å². The van der Waals surface area contributed by atoms with Gasteiger partial charge < -0.3 is 4.74 Å². The molecule has 5 nitrogen and oxygen atoms in total. The molecular formula is C41H26N4O. The Balaban J connectivity index is 1.32. The molecule has 0 saturated heterocycles. The van der Waals surface area contributed by atoms with Gasteiger partial charge in [0.1, 0.15) is 11.5 Å². The van der Waals surface area contributed by atoms with E-state index in [0.717, 1.165) is 61.6 Å². The van der Waals surface area contributed by atoms with Crippen LogP contribution in [0.4, 0.5) is 0 Å². The fourth-order valence-electron chi connectivity index (χ4n) is 6.73. The fourth-order valence-corrected chi connectivity index (χ4v) is 6.73. The van der Waals surface area contributed by atoms with Gasteiger partial charge >= 0.3 is 0 Å². The number of nitrogens with zero attached hydrogens (tertiary/aromatic N) is 3. The normalized spacial score (nSPS) is 15.8. The average Bonchev–Trinajstić information content (AvgIpc) is 3.40. The van der Waals surface area contributed by atoms with Crippen molar-refractivity contribution in [3.05, 3.63) is 190 Å². The van der Waals surface area contributed by atoms with Crippen molar-refractivity contribution in [1.82, 2.24) is 0 Å². The SMILES string of the molecule is N#Cc1ccc2c(c1)C1(c3ccccc3O2)c2ccccc2-c2ccc(C=NC(=NC(=N)c3ccccc3)c3ccccc3)cc21. The van der Waals surface area contributed by atoms with E-state index in [4.69, 9.17) is 15.1 Å². The zero-order valence-electron chi connectivity index (χ0n) is 24.7. The van der Waals surface area contributed by atoms with Gasteiger partial charge in [-0.3, -0.25) is 5.41 Å². The molecule has 8 rings (SSSR count). The number of para-hydroxylation sites is 1. The molecule has 5 heteroatoms. The van der Waals surface area contributed by atoms with Gasteiger partial charge in [0.2, 0.25) is 0 Å². The molecule has 46 heavy (non-hydrogen) atoms. The maximum Gasteiger partial charge on any atom is 0.161 e. The molecule has 0 saturated carbocycles. The fraction of sp³-hybridized carbons (Fsp3) is 0.0244. The predicted molar refractivity (Wildman–Crippen MR) is 182 cm³/mol. The van der Waals surface area contributed by atoms with Gasteiger partial charge in [-0.05, 0) is 58.1 Å². The van der Waals surface area contributed by atoms with Crippen LogP contribution in [0.3, 0.4) is 0 Å². The first-order valence-corrected chi connectivity index (χ1v) is 15.1. The molecule has 1 unspecified atom stereocenters. The Bertz CT molecular complexity index is 2260. The van der Waals surface area contributed by atoms with E-state index in [2.05, 4.69) is 59.6 Å². The second-order valence-corrected chi connectivity index (χ2v) is 11.3. The molecular weight excluding hydrogens is 564 g/mol. The minimum atomic E-state index is -0.696. The van der Waals surface area contributed by atoms with Crippen molar-refractivity contribution in [2.24, 2.45) is 9.98 Å². The number of benzene rings is 6. The van der Waals surface area contributed by atoms with E-state index in [0.29, 0.717) is 11.4 Å². The van der Waals surface area contributed by atoms with Gasteiger partial charge in [0.05, 0.1) is 17.0 Å². The maximum absolute atomic E-state index is 9.92. The molecule has 1 spiro atoms. The number of hydrogen-bond acceptors (Lipinski definition) is 3. The Morgan fingerprint density at radius 1 is 0.630 bits per heavy atom. The van der Waals surface area contributed by atoms with E-state index in [1.807, 2.05) is 103 Å². The summed E-state index contributed by atoms with van der Waals surface area (Å²) in [5, 5.41) is 18.6. The zero-order chi connectivity index (χ0) is 31.1. The van der Waals surface area contributed by atoms with Crippen molar-refractivity contribution in [2.45, 2.75) is 5.41 Å². The summed E-state index contributed by atoms with van der Waals surface area (Å²) < 4.78 is 6.45. The van der Waals surface area contributed by atoms with Gasteiger partial charge in [0.25, 0.3) is 0 Å². The van der Waals surface area contributed by atoms with Crippen molar-refractivity contribution >= 4 is 17.9 Å². The van der Waals surface area contributed by atoms with Crippen LogP contribution in [-0.4, -0.2) is 17.9 Å². The highest BCUT2D eigenvalue weighted by atomic mass is 16.5. The largest absolute Gasteiger partial charge is 0.457 e. The highest BCUT2D eigenvalue weighted by Gasteiger charge is 2.51. The molecule has 0 radical (unpaired) electrons. The summed E-state index contributed by atoms with van der Waals surface area (Å²) in [4.78, 5) is 9.52. The van der Waals surface area contributed by atoms with E-state index < -0.39 is 5.41 Å². The number of hydrogen-bond donors (Lipinski definition) is 1. The third-order valence-corrected chi connectivity index (χ3v) is 8.73. The first-order valence-electron chi connectivity index (χ1n) is 15.1. The Labute approximate surface area is 267 Å². The summed E-state index contributed by atoms with van der Waals surface area (Å²) in [6.45, 7) is 0. The molecule has 1 aliphatic heterocycles. The molecule has 1 atom stereocenters. The van der Waals surface area contributed by atoms with Crippen LogP contribution in [0.2, 0.25) is 0 Å². The molecule has 216 valence electrons. The van der Waals surface area contributed by atoms with Crippen LogP contribution in [0, 0.1) is 16.7 Å². The lowest BCUT2D eigenvalue weighted by molar-refractivity contribution is 0.436. The Hall–Kier alpha value is -6.38. The molecule has 1 N–H and O–H groups in total. The van der Waals surface area contributed by atoms with Crippen LogP contribution >= 0.6 is 0 Å². The van der Waals surface area contributed by atoms with Gasteiger partial charge in [-0.25, -0.2) is 9.98 Å². The van der Waals surface area contributed by atoms with Crippen molar-refractivity contribution < 1.29 is 4.74 Å². The van der Waals surface area contributed by atoms with Crippen LogP contribution in [0.15, 0.2) is 156 Å². The summed E-state index contributed by atoms with van der Waals surface area (Å²) >= 11 is 0.